The molecule has 1 heterocycles. The maximum atomic E-state index is 12.1. The first-order chi connectivity index (χ1) is 9.20. The van der Waals surface area contributed by atoms with Gasteiger partial charge in [0, 0.05) is 24.8 Å². The van der Waals surface area contributed by atoms with Crippen molar-refractivity contribution in [2.45, 2.75) is 39.2 Å². The predicted octanol–water partition coefficient (Wildman–Crippen LogP) is 2.52. The molecule has 2 unspecified atom stereocenters. The quantitative estimate of drug-likeness (QED) is 0.897. The predicted molar refractivity (Wildman–Crippen MR) is 82.8 cm³/mol. The number of nitrogens with zero attached hydrogens (tertiary/aromatic N) is 1. The van der Waals surface area contributed by atoms with Crippen LogP contribution in [0.4, 0.5) is 0 Å². The first-order valence-electron chi connectivity index (χ1n) is 7.14. The van der Waals surface area contributed by atoms with Crippen LogP contribution in [0.25, 0.3) is 0 Å². The Hall–Kier alpha value is -1.13. The lowest BCUT2D eigenvalue weighted by molar-refractivity contribution is 0.0936. The minimum atomic E-state index is -0.0186. The van der Waals surface area contributed by atoms with Gasteiger partial charge >= 0.3 is 0 Å². The van der Waals surface area contributed by atoms with E-state index in [0.717, 1.165) is 12.2 Å². The highest BCUT2D eigenvalue weighted by molar-refractivity contribution is 5.94. The molecule has 1 aromatic rings. The van der Waals surface area contributed by atoms with Gasteiger partial charge in [-0.1, -0.05) is 26.2 Å². The molecule has 0 saturated heterocycles. The smallest absolute Gasteiger partial charge is 0.251 e. The van der Waals surface area contributed by atoms with Crippen molar-refractivity contribution >= 4 is 18.3 Å². The molecule has 1 fully saturated rings. The van der Waals surface area contributed by atoms with E-state index < -0.39 is 0 Å². The number of carbonyl (C=O) groups is 1. The van der Waals surface area contributed by atoms with E-state index in [1.165, 1.54) is 25.7 Å². The number of pyridine rings is 1. The Morgan fingerprint density at radius 1 is 1.45 bits per heavy atom. The van der Waals surface area contributed by atoms with Crippen molar-refractivity contribution in [2.75, 3.05) is 6.54 Å². The number of aromatic nitrogens is 1. The highest BCUT2D eigenvalue weighted by Crippen LogP contribution is 2.28. The Morgan fingerprint density at radius 2 is 2.20 bits per heavy atom. The third-order valence-electron chi connectivity index (χ3n) is 4.10. The summed E-state index contributed by atoms with van der Waals surface area (Å²) in [5, 5.41) is 3.04. The third kappa shape index (κ3) is 4.46. The van der Waals surface area contributed by atoms with Gasteiger partial charge in [-0.2, -0.15) is 0 Å². The van der Waals surface area contributed by atoms with Crippen LogP contribution in [0.1, 0.15) is 48.7 Å². The zero-order valence-corrected chi connectivity index (χ0v) is 12.8. The Bertz CT molecular complexity index is 439. The number of hydrogen-bond acceptors (Lipinski definition) is 3. The molecule has 2 atom stereocenters. The van der Waals surface area contributed by atoms with E-state index in [2.05, 4.69) is 17.2 Å². The van der Waals surface area contributed by atoms with Gasteiger partial charge < -0.3 is 11.1 Å². The van der Waals surface area contributed by atoms with E-state index in [0.29, 0.717) is 23.9 Å². The number of rotatable bonds is 4. The molecule has 0 radical (unpaired) electrons. The summed E-state index contributed by atoms with van der Waals surface area (Å²) in [6.45, 7) is 3.43. The number of hydrogen-bond donors (Lipinski definition) is 2. The highest BCUT2D eigenvalue weighted by Gasteiger charge is 2.21. The molecule has 3 N–H and O–H groups in total. The first-order valence-corrected chi connectivity index (χ1v) is 7.14. The maximum absolute atomic E-state index is 12.1. The lowest BCUT2D eigenvalue weighted by atomic mass is 9.80. The fourth-order valence-corrected chi connectivity index (χ4v) is 2.75. The summed E-state index contributed by atoms with van der Waals surface area (Å²) in [4.78, 5) is 16.2. The molecule has 2 rings (SSSR count). The van der Waals surface area contributed by atoms with Crippen molar-refractivity contribution in [1.29, 1.82) is 0 Å². The SMILES string of the molecule is CC1CCCCC1CNC(=O)c1ccnc(CN)c1.Cl. The van der Waals surface area contributed by atoms with E-state index in [9.17, 15) is 4.79 Å². The van der Waals surface area contributed by atoms with Crippen LogP contribution in [-0.2, 0) is 6.54 Å². The molecule has 1 aliphatic rings. The second-order valence-electron chi connectivity index (χ2n) is 5.47. The molecule has 1 saturated carbocycles. The molecule has 4 nitrogen and oxygen atoms in total. The standard InChI is InChI=1S/C15H23N3O.ClH/c1-11-4-2-3-5-13(11)10-18-15(19)12-6-7-17-14(8-12)9-16;/h6-8,11,13H,2-5,9-10,16H2,1H3,(H,18,19);1H. The van der Waals surface area contributed by atoms with E-state index in [1.54, 1.807) is 18.3 Å². The number of nitrogens with one attached hydrogen (secondary N) is 1. The summed E-state index contributed by atoms with van der Waals surface area (Å²) < 4.78 is 0. The van der Waals surface area contributed by atoms with Crippen LogP contribution in [0.2, 0.25) is 0 Å². The molecule has 0 aromatic carbocycles. The summed E-state index contributed by atoms with van der Waals surface area (Å²) in [5.41, 5.74) is 6.93. The highest BCUT2D eigenvalue weighted by atomic mass is 35.5. The minimum Gasteiger partial charge on any atom is -0.352 e. The fraction of sp³-hybridized carbons (Fsp3) is 0.600. The minimum absolute atomic E-state index is 0. The number of carbonyl (C=O) groups excluding carboxylic acids is 1. The summed E-state index contributed by atoms with van der Waals surface area (Å²) in [6.07, 6.45) is 6.77. The van der Waals surface area contributed by atoms with Crippen LogP contribution in [-0.4, -0.2) is 17.4 Å². The van der Waals surface area contributed by atoms with Crippen molar-refractivity contribution in [3.8, 4) is 0 Å². The Labute approximate surface area is 126 Å². The second kappa shape index (κ2) is 8.22. The number of amides is 1. The van der Waals surface area contributed by atoms with Gasteiger partial charge in [0.05, 0.1) is 5.69 Å². The Morgan fingerprint density at radius 3 is 2.90 bits per heavy atom. The lowest BCUT2D eigenvalue weighted by Crippen LogP contribution is -2.33. The van der Waals surface area contributed by atoms with Crippen LogP contribution in [0.5, 0.6) is 0 Å². The van der Waals surface area contributed by atoms with Crippen LogP contribution in [0.3, 0.4) is 0 Å². The van der Waals surface area contributed by atoms with E-state index >= 15 is 0 Å². The first kappa shape index (κ1) is 16.9. The zero-order valence-electron chi connectivity index (χ0n) is 12.0. The van der Waals surface area contributed by atoms with Gasteiger partial charge in [-0.05, 0) is 30.4 Å². The second-order valence-corrected chi connectivity index (χ2v) is 5.47. The van der Waals surface area contributed by atoms with E-state index in [4.69, 9.17) is 5.73 Å². The van der Waals surface area contributed by atoms with Crippen molar-refractivity contribution in [2.24, 2.45) is 17.6 Å². The Kier molecular flexibility index (Phi) is 6.96. The lowest BCUT2D eigenvalue weighted by Gasteiger charge is -2.28. The number of halogens is 1. The summed E-state index contributed by atoms with van der Waals surface area (Å²) in [7, 11) is 0. The Balaban J connectivity index is 0.00000200. The zero-order chi connectivity index (χ0) is 13.7. The third-order valence-corrected chi connectivity index (χ3v) is 4.10. The van der Waals surface area contributed by atoms with E-state index in [1.807, 2.05) is 0 Å². The maximum Gasteiger partial charge on any atom is 0.251 e. The normalized spacial score (nSPS) is 21.9. The molecular weight excluding hydrogens is 274 g/mol. The molecule has 1 aromatic heterocycles. The topological polar surface area (TPSA) is 68.0 Å². The average molecular weight is 298 g/mol. The average Bonchev–Trinajstić information content (AvgIpc) is 2.46. The van der Waals surface area contributed by atoms with Gasteiger partial charge in [-0.3, -0.25) is 9.78 Å². The largest absolute Gasteiger partial charge is 0.352 e. The van der Waals surface area contributed by atoms with Crippen LogP contribution in [0.15, 0.2) is 18.3 Å². The van der Waals surface area contributed by atoms with Gasteiger partial charge in [0.25, 0.3) is 5.91 Å². The summed E-state index contributed by atoms with van der Waals surface area (Å²) in [6, 6.07) is 3.50. The monoisotopic (exact) mass is 297 g/mol. The van der Waals surface area contributed by atoms with Gasteiger partial charge in [0.2, 0.25) is 0 Å². The molecule has 1 amide bonds. The van der Waals surface area contributed by atoms with Crippen molar-refractivity contribution in [3.05, 3.63) is 29.6 Å². The molecular formula is C15H24ClN3O. The van der Waals surface area contributed by atoms with Crippen LogP contribution >= 0.6 is 12.4 Å². The molecule has 5 heteroatoms. The summed E-state index contributed by atoms with van der Waals surface area (Å²) >= 11 is 0. The fourth-order valence-electron chi connectivity index (χ4n) is 2.75. The van der Waals surface area contributed by atoms with Gasteiger partial charge in [0.15, 0.2) is 0 Å². The molecule has 0 spiro atoms. The van der Waals surface area contributed by atoms with Gasteiger partial charge in [0.1, 0.15) is 0 Å². The molecule has 20 heavy (non-hydrogen) atoms. The van der Waals surface area contributed by atoms with Crippen LogP contribution < -0.4 is 11.1 Å². The van der Waals surface area contributed by atoms with Gasteiger partial charge in [-0.25, -0.2) is 0 Å². The van der Waals surface area contributed by atoms with E-state index in [-0.39, 0.29) is 18.3 Å². The summed E-state index contributed by atoms with van der Waals surface area (Å²) in [5.74, 6) is 1.31. The molecule has 1 aliphatic carbocycles. The molecule has 0 aliphatic heterocycles. The van der Waals surface area contributed by atoms with Crippen molar-refractivity contribution in [1.82, 2.24) is 10.3 Å². The molecule has 112 valence electrons. The van der Waals surface area contributed by atoms with Crippen molar-refractivity contribution in [3.63, 3.8) is 0 Å². The van der Waals surface area contributed by atoms with Crippen molar-refractivity contribution < 1.29 is 4.79 Å². The van der Waals surface area contributed by atoms with Crippen LogP contribution in [0, 0.1) is 11.8 Å². The van der Waals surface area contributed by atoms with Gasteiger partial charge in [-0.15, -0.1) is 12.4 Å². The molecule has 0 bridgehead atoms. The number of nitrogens with two attached hydrogens (primary N) is 1.